The van der Waals surface area contributed by atoms with Crippen LogP contribution in [0.5, 0.6) is 0 Å². The van der Waals surface area contributed by atoms with Crippen LogP contribution in [0.15, 0.2) is 30.6 Å². The molecule has 4 heteroatoms. The van der Waals surface area contributed by atoms with Crippen molar-refractivity contribution in [3.8, 4) is 0 Å². The van der Waals surface area contributed by atoms with Crippen molar-refractivity contribution in [3.05, 3.63) is 41.2 Å². The summed E-state index contributed by atoms with van der Waals surface area (Å²) in [6.07, 6.45) is 3.04. The molecular formula is C12H15ClN2O. The molecule has 0 saturated heterocycles. The van der Waals surface area contributed by atoms with Crippen LogP contribution in [0.1, 0.15) is 24.2 Å². The van der Waals surface area contributed by atoms with Gasteiger partial charge in [0.15, 0.2) is 0 Å². The van der Waals surface area contributed by atoms with Crippen molar-refractivity contribution >= 4 is 17.5 Å². The van der Waals surface area contributed by atoms with Crippen LogP contribution in [0.3, 0.4) is 0 Å². The van der Waals surface area contributed by atoms with Crippen LogP contribution < -0.4 is 0 Å². The number of carbonyl (C=O) groups is 1. The van der Waals surface area contributed by atoms with Crippen molar-refractivity contribution in [3.63, 3.8) is 0 Å². The third-order valence-electron chi connectivity index (χ3n) is 2.13. The van der Waals surface area contributed by atoms with Gasteiger partial charge in [-0.05, 0) is 19.9 Å². The highest BCUT2D eigenvalue weighted by Crippen LogP contribution is 2.16. The van der Waals surface area contributed by atoms with Crippen molar-refractivity contribution in [2.75, 3.05) is 13.1 Å². The van der Waals surface area contributed by atoms with Crippen LogP contribution in [0.4, 0.5) is 0 Å². The lowest BCUT2D eigenvalue weighted by Gasteiger charge is -2.21. The molecule has 0 saturated carbocycles. The van der Waals surface area contributed by atoms with Crippen molar-refractivity contribution in [2.24, 2.45) is 0 Å². The first kappa shape index (κ1) is 12.7. The van der Waals surface area contributed by atoms with E-state index in [9.17, 15) is 4.79 Å². The smallest absolute Gasteiger partial charge is 0.255 e. The van der Waals surface area contributed by atoms with Crippen LogP contribution >= 0.6 is 11.6 Å². The Morgan fingerprint density at radius 2 is 2.31 bits per heavy atom. The summed E-state index contributed by atoms with van der Waals surface area (Å²) in [6.45, 7) is 8.80. The zero-order valence-corrected chi connectivity index (χ0v) is 10.3. The van der Waals surface area contributed by atoms with E-state index in [-0.39, 0.29) is 5.91 Å². The zero-order chi connectivity index (χ0) is 12.1. The summed E-state index contributed by atoms with van der Waals surface area (Å²) in [6, 6.07) is 1.63. The van der Waals surface area contributed by atoms with Gasteiger partial charge in [-0.1, -0.05) is 23.8 Å². The molecule has 0 fully saturated rings. The van der Waals surface area contributed by atoms with Gasteiger partial charge in [-0.2, -0.15) is 0 Å². The van der Waals surface area contributed by atoms with E-state index in [2.05, 4.69) is 11.6 Å². The van der Waals surface area contributed by atoms with Gasteiger partial charge in [0.05, 0.1) is 10.6 Å². The summed E-state index contributed by atoms with van der Waals surface area (Å²) in [4.78, 5) is 17.7. The molecule has 0 radical (unpaired) electrons. The molecule has 0 aliphatic carbocycles. The summed E-state index contributed by atoms with van der Waals surface area (Å²) in [5.41, 5.74) is 1.43. The first-order valence-corrected chi connectivity index (χ1v) is 5.47. The van der Waals surface area contributed by atoms with E-state index in [1.54, 1.807) is 17.2 Å². The fourth-order valence-electron chi connectivity index (χ4n) is 1.37. The van der Waals surface area contributed by atoms with Crippen molar-refractivity contribution < 1.29 is 4.79 Å². The number of amides is 1. The predicted molar refractivity (Wildman–Crippen MR) is 65.6 cm³/mol. The Balaban J connectivity index is 2.91. The lowest BCUT2D eigenvalue weighted by Crippen LogP contribution is -2.32. The molecule has 16 heavy (non-hydrogen) atoms. The van der Waals surface area contributed by atoms with Crippen molar-refractivity contribution in [1.82, 2.24) is 9.88 Å². The average molecular weight is 239 g/mol. The fraction of sp³-hybridized carbons (Fsp3) is 0.333. The lowest BCUT2D eigenvalue weighted by molar-refractivity contribution is 0.0778. The van der Waals surface area contributed by atoms with Crippen molar-refractivity contribution in [1.29, 1.82) is 0 Å². The number of nitrogens with zero attached hydrogens (tertiary/aromatic N) is 2. The first-order valence-electron chi connectivity index (χ1n) is 5.09. The molecule has 0 atom stereocenters. The van der Waals surface area contributed by atoms with Gasteiger partial charge in [0.25, 0.3) is 5.91 Å². The second-order valence-corrected chi connectivity index (χ2v) is 4.04. The summed E-state index contributed by atoms with van der Waals surface area (Å²) >= 11 is 5.92. The monoisotopic (exact) mass is 238 g/mol. The van der Waals surface area contributed by atoms with Gasteiger partial charge in [-0.15, -0.1) is 0 Å². The number of pyridine rings is 1. The quantitative estimate of drug-likeness (QED) is 0.756. The summed E-state index contributed by atoms with van der Waals surface area (Å²) in [7, 11) is 0. The van der Waals surface area contributed by atoms with E-state index < -0.39 is 0 Å². The molecule has 0 aliphatic heterocycles. The largest absolute Gasteiger partial charge is 0.335 e. The standard InChI is InChI=1S/C12H15ClN2O/c1-4-15(8-9(2)3)12(16)10-5-6-14-7-11(10)13/h5-7H,2,4,8H2,1,3H3. The van der Waals surface area contributed by atoms with Crippen LogP contribution in [0, 0.1) is 0 Å². The molecule has 1 amide bonds. The normalized spacial score (nSPS) is 9.94. The summed E-state index contributed by atoms with van der Waals surface area (Å²) in [5, 5.41) is 0.382. The highest BCUT2D eigenvalue weighted by Gasteiger charge is 2.16. The molecule has 0 aromatic carbocycles. The van der Waals surface area contributed by atoms with Crippen LogP contribution in [0.25, 0.3) is 0 Å². The Kier molecular flexibility index (Phi) is 4.50. The van der Waals surface area contributed by atoms with Gasteiger partial charge in [-0.3, -0.25) is 9.78 Å². The highest BCUT2D eigenvalue weighted by atomic mass is 35.5. The third-order valence-corrected chi connectivity index (χ3v) is 2.43. The van der Waals surface area contributed by atoms with E-state index in [4.69, 9.17) is 11.6 Å². The number of carbonyl (C=O) groups excluding carboxylic acids is 1. The maximum atomic E-state index is 12.1. The number of halogens is 1. The van der Waals surface area contributed by atoms with E-state index >= 15 is 0 Å². The zero-order valence-electron chi connectivity index (χ0n) is 9.53. The Morgan fingerprint density at radius 1 is 1.62 bits per heavy atom. The minimum absolute atomic E-state index is 0.0853. The number of hydrogen-bond acceptors (Lipinski definition) is 2. The summed E-state index contributed by atoms with van der Waals surface area (Å²) in [5.74, 6) is -0.0853. The van der Waals surface area contributed by atoms with Gasteiger partial charge in [0.2, 0.25) is 0 Å². The number of rotatable bonds is 4. The van der Waals surface area contributed by atoms with Gasteiger partial charge in [0.1, 0.15) is 0 Å². The van der Waals surface area contributed by atoms with Gasteiger partial charge in [-0.25, -0.2) is 0 Å². The molecule has 0 unspecified atom stereocenters. The molecule has 0 spiro atoms. The predicted octanol–water partition coefficient (Wildman–Crippen LogP) is 2.77. The third kappa shape index (κ3) is 3.07. The molecule has 1 aromatic rings. The van der Waals surface area contributed by atoms with E-state index in [1.807, 2.05) is 13.8 Å². The molecular weight excluding hydrogens is 224 g/mol. The van der Waals surface area contributed by atoms with Gasteiger partial charge < -0.3 is 4.90 Å². The van der Waals surface area contributed by atoms with Crippen LogP contribution in [-0.4, -0.2) is 28.9 Å². The maximum absolute atomic E-state index is 12.1. The number of aromatic nitrogens is 1. The number of likely N-dealkylation sites (N-methyl/N-ethyl adjacent to an activating group) is 1. The molecule has 3 nitrogen and oxygen atoms in total. The number of hydrogen-bond donors (Lipinski definition) is 0. The van der Waals surface area contributed by atoms with E-state index in [0.717, 1.165) is 5.57 Å². The molecule has 0 N–H and O–H groups in total. The van der Waals surface area contributed by atoms with E-state index in [0.29, 0.717) is 23.7 Å². The average Bonchev–Trinajstić information content (AvgIpc) is 2.25. The van der Waals surface area contributed by atoms with E-state index in [1.165, 1.54) is 6.20 Å². The topological polar surface area (TPSA) is 33.2 Å². The molecule has 1 rings (SSSR count). The highest BCUT2D eigenvalue weighted by molar-refractivity contribution is 6.33. The van der Waals surface area contributed by atoms with Crippen molar-refractivity contribution in [2.45, 2.75) is 13.8 Å². The molecule has 86 valence electrons. The second-order valence-electron chi connectivity index (χ2n) is 3.63. The lowest BCUT2D eigenvalue weighted by atomic mass is 10.2. The SMILES string of the molecule is C=C(C)CN(CC)C(=O)c1ccncc1Cl. The Hall–Kier alpha value is -1.35. The maximum Gasteiger partial charge on any atom is 0.255 e. The molecule has 1 heterocycles. The van der Waals surface area contributed by atoms with Crippen LogP contribution in [0.2, 0.25) is 5.02 Å². The first-order chi connectivity index (χ1) is 7.56. The second kappa shape index (κ2) is 5.66. The summed E-state index contributed by atoms with van der Waals surface area (Å²) < 4.78 is 0. The fourth-order valence-corrected chi connectivity index (χ4v) is 1.57. The van der Waals surface area contributed by atoms with Crippen LogP contribution in [-0.2, 0) is 0 Å². The molecule has 1 aromatic heterocycles. The Labute approximate surface area is 101 Å². The Morgan fingerprint density at radius 3 is 2.81 bits per heavy atom. The minimum Gasteiger partial charge on any atom is -0.335 e. The minimum atomic E-state index is -0.0853. The molecule has 0 aliphatic rings. The molecule has 0 bridgehead atoms. The van der Waals surface area contributed by atoms with Gasteiger partial charge >= 0.3 is 0 Å². The van der Waals surface area contributed by atoms with Gasteiger partial charge in [0, 0.05) is 25.5 Å². The Bertz CT molecular complexity index is 404.